The van der Waals surface area contributed by atoms with Gasteiger partial charge in [-0.1, -0.05) is 47.1 Å². The van der Waals surface area contributed by atoms with Crippen molar-refractivity contribution >= 4 is 38.7 Å². The molecule has 0 unspecified atom stereocenters. The molecule has 8 heteroatoms. The fourth-order valence-corrected chi connectivity index (χ4v) is 3.09. The van der Waals surface area contributed by atoms with E-state index in [2.05, 4.69) is 31.6 Å². The molecule has 2 heterocycles. The highest BCUT2D eigenvalue weighted by molar-refractivity contribution is 9.10. The van der Waals surface area contributed by atoms with Gasteiger partial charge in [0.15, 0.2) is 11.5 Å². The van der Waals surface area contributed by atoms with Crippen molar-refractivity contribution < 1.29 is 9.42 Å². The molecular formula is C19H16BrN5O2. The summed E-state index contributed by atoms with van der Waals surface area (Å²) in [6.07, 6.45) is 0.335. The first-order valence-electron chi connectivity index (χ1n) is 8.48. The number of imidazole rings is 1. The van der Waals surface area contributed by atoms with E-state index in [4.69, 9.17) is 9.61 Å². The summed E-state index contributed by atoms with van der Waals surface area (Å²) < 4.78 is 7.95. The summed E-state index contributed by atoms with van der Waals surface area (Å²) in [4.78, 5) is 16.5. The van der Waals surface area contributed by atoms with Gasteiger partial charge in [-0.15, -0.1) is 0 Å². The van der Waals surface area contributed by atoms with Crippen LogP contribution < -0.4 is 5.32 Å². The highest BCUT2D eigenvalue weighted by Gasteiger charge is 2.21. The molecule has 0 fully saturated rings. The average Bonchev–Trinajstić information content (AvgIpc) is 3.28. The van der Waals surface area contributed by atoms with Gasteiger partial charge in [-0.05, 0) is 40.1 Å². The average molecular weight is 426 g/mol. The maximum absolute atomic E-state index is 11.8. The predicted molar refractivity (Wildman–Crippen MR) is 105 cm³/mol. The summed E-state index contributed by atoms with van der Waals surface area (Å²) in [5.41, 5.74) is 3.31. The van der Waals surface area contributed by atoms with Crippen LogP contribution in [0.5, 0.6) is 0 Å². The van der Waals surface area contributed by atoms with Crippen LogP contribution in [-0.4, -0.2) is 25.8 Å². The Kier molecular flexibility index (Phi) is 4.72. The van der Waals surface area contributed by atoms with E-state index in [1.807, 2.05) is 53.1 Å². The molecular weight excluding hydrogens is 410 g/mol. The van der Waals surface area contributed by atoms with Crippen molar-refractivity contribution in [2.75, 3.05) is 5.32 Å². The number of nitrogens with one attached hydrogen (secondary N) is 1. The van der Waals surface area contributed by atoms with Crippen molar-refractivity contribution in [2.45, 2.75) is 19.9 Å². The summed E-state index contributed by atoms with van der Waals surface area (Å²) in [5.74, 6) is 0.698. The topological polar surface area (TPSA) is 85.8 Å². The number of benzene rings is 2. The number of carbonyl (C=O) groups is 1. The minimum absolute atomic E-state index is 0.164. The normalized spacial score (nSPS) is 11.0. The van der Waals surface area contributed by atoms with Gasteiger partial charge in [0.05, 0.1) is 11.0 Å². The fraction of sp³-hybridized carbons (Fsp3) is 0.158. The Balaban J connectivity index is 1.82. The maximum atomic E-state index is 11.8. The maximum Gasteiger partial charge on any atom is 0.225 e. The molecule has 0 aliphatic heterocycles. The molecule has 2 aromatic heterocycles. The zero-order valence-corrected chi connectivity index (χ0v) is 16.1. The fourth-order valence-electron chi connectivity index (χ4n) is 2.83. The van der Waals surface area contributed by atoms with Crippen LogP contribution >= 0.6 is 15.9 Å². The largest absolute Gasteiger partial charge is 0.318 e. The molecule has 4 rings (SSSR count). The quantitative estimate of drug-likeness (QED) is 0.516. The van der Waals surface area contributed by atoms with E-state index in [1.54, 1.807) is 6.92 Å². The highest BCUT2D eigenvalue weighted by atomic mass is 79.9. The lowest BCUT2D eigenvalue weighted by atomic mass is 10.2. The van der Waals surface area contributed by atoms with Crippen molar-refractivity contribution in [2.24, 2.45) is 0 Å². The molecule has 4 aromatic rings. The van der Waals surface area contributed by atoms with E-state index in [0.29, 0.717) is 24.5 Å². The Hall–Kier alpha value is -3.00. The number of halogens is 1. The van der Waals surface area contributed by atoms with Crippen LogP contribution in [0.25, 0.3) is 22.6 Å². The van der Waals surface area contributed by atoms with Gasteiger partial charge >= 0.3 is 0 Å². The first kappa shape index (κ1) is 17.4. The smallest absolute Gasteiger partial charge is 0.225 e. The molecule has 0 bridgehead atoms. The molecule has 136 valence electrons. The number of amides is 1. The third kappa shape index (κ3) is 3.48. The summed E-state index contributed by atoms with van der Waals surface area (Å²) in [7, 11) is 0. The van der Waals surface area contributed by atoms with Gasteiger partial charge in [-0.25, -0.2) is 9.61 Å². The Labute approximate surface area is 163 Å². The predicted octanol–water partition coefficient (Wildman–Crippen LogP) is 4.25. The zero-order chi connectivity index (χ0) is 18.8. The molecule has 27 heavy (non-hydrogen) atoms. The lowest BCUT2D eigenvalue weighted by molar-refractivity contribution is -0.115. The second kappa shape index (κ2) is 7.32. The summed E-state index contributed by atoms with van der Waals surface area (Å²) in [6, 6.07) is 15.9. The van der Waals surface area contributed by atoms with Gasteiger partial charge in [0.2, 0.25) is 11.7 Å². The zero-order valence-electron chi connectivity index (χ0n) is 14.5. The van der Waals surface area contributed by atoms with Gasteiger partial charge in [0.25, 0.3) is 0 Å². The van der Waals surface area contributed by atoms with Crippen LogP contribution in [-0.2, 0) is 11.3 Å². The Morgan fingerprint density at radius 1 is 1.15 bits per heavy atom. The SMILES string of the molecule is CCC(=O)Nc1nonc1-c1nc2ccccc2n1Cc1ccc(Br)cc1. The van der Waals surface area contributed by atoms with Crippen LogP contribution in [0, 0.1) is 0 Å². The Morgan fingerprint density at radius 3 is 2.70 bits per heavy atom. The van der Waals surface area contributed by atoms with Crippen LogP contribution in [0.3, 0.4) is 0 Å². The number of nitrogens with zero attached hydrogens (tertiary/aromatic N) is 4. The van der Waals surface area contributed by atoms with Crippen LogP contribution in [0.1, 0.15) is 18.9 Å². The molecule has 0 aliphatic carbocycles. The van der Waals surface area contributed by atoms with Crippen LogP contribution in [0.2, 0.25) is 0 Å². The summed E-state index contributed by atoms with van der Waals surface area (Å²) in [6.45, 7) is 2.36. The number of hydrogen-bond donors (Lipinski definition) is 1. The molecule has 0 saturated carbocycles. The van der Waals surface area contributed by atoms with Gasteiger partial charge in [-0.2, -0.15) is 0 Å². The third-order valence-corrected chi connectivity index (χ3v) is 4.72. The number of carbonyl (C=O) groups excluding carboxylic acids is 1. The minimum Gasteiger partial charge on any atom is -0.318 e. The number of fused-ring (bicyclic) bond motifs is 1. The van der Waals surface area contributed by atoms with Gasteiger partial charge in [0, 0.05) is 17.4 Å². The third-order valence-electron chi connectivity index (χ3n) is 4.19. The first-order chi connectivity index (χ1) is 13.2. The lowest BCUT2D eigenvalue weighted by Gasteiger charge is -2.09. The second-order valence-electron chi connectivity index (χ2n) is 6.00. The minimum atomic E-state index is -0.164. The lowest BCUT2D eigenvalue weighted by Crippen LogP contribution is -2.11. The van der Waals surface area contributed by atoms with Crippen molar-refractivity contribution in [1.82, 2.24) is 19.9 Å². The number of hydrogen-bond acceptors (Lipinski definition) is 5. The monoisotopic (exact) mass is 425 g/mol. The van der Waals surface area contributed by atoms with Crippen molar-refractivity contribution in [3.8, 4) is 11.5 Å². The van der Waals surface area contributed by atoms with E-state index in [0.717, 1.165) is 21.1 Å². The summed E-state index contributed by atoms with van der Waals surface area (Å²) >= 11 is 3.46. The van der Waals surface area contributed by atoms with E-state index in [-0.39, 0.29) is 11.7 Å². The molecule has 1 amide bonds. The van der Waals surface area contributed by atoms with Crippen molar-refractivity contribution in [3.05, 3.63) is 58.6 Å². The van der Waals surface area contributed by atoms with Gasteiger partial charge < -0.3 is 9.88 Å². The second-order valence-corrected chi connectivity index (χ2v) is 6.92. The van der Waals surface area contributed by atoms with Crippen LogP contribution in [0.15, 0.2) is 57.6 Å². The highest BCUT2D eigenvalue weighted by Crippen LogP contribution is 2.29. The Bertz CT molecular complexity index is 1100. The van der Waals surface area contributed by atoms with E-state index in [1.165, 1.54) is 0 Å². The van der Waals surface area contributed by atoms with Gasteiger partial charge in [-0.3, -0.25) is 4.79 Å². The van der Waals surface area contributed by atoms with Crippen LogP contribution in [0.4, 0.5) is 5.82 Å². The molecule has 0 atom stereocenters. The van der Waals surface area contributed by atoms with Crippen molar-refractivity contribution in [1.29, 1.82) is 0 Å². The van der Waals surface area contributed by atoms with E-state index < -0.39 is 0 Å². The Morgan fingerprint density at radius 2 is 1.93 bits per heavy atom. The number of para-hydroxylation sites is 2. The molecule has 0 aliphatic rings. The molecule has 0 spiro atoms. The van der Waals surface area contributed by atoms with Gasteiger partial charge in [0.1, 0.15) is 0 Å². The number of rotatable bonds is 5. The molecule has 7 nitrogen and oxygen atoms in total. The number of aromatic nitrogens is 4. The van der Waals surface area contributed by atoms with Crippen molar-refractivity contribution in [3.63, 3.8) is 0 Å². The molecule has 0 saturated heterocycles. The molecule has 2 aromatic carbocycles. The standard InChI is InChI=1S/C19H16BrN5O2/c1-2-16(26)22-18-17(23-27-24-18)19-21-14-5-3-4-6-15(14)25(19)11-12-7-9-13(20)10-8-12/h3-10H,2,11H2,1H3,(H,22,24,26). The summed E-state index contributed by atoms with van der Waals surface area (Å²) in [5, 5.41) is 10.5. The van der Waals surface area contributed by atoms with E-state index >= 15 is 0 Å². The van der Waals surface area contributed by atoms with E-state index in [9.17, 15) is 4.79 Å². The number of anilines is 1. The molecule has 1 N–H and O–H groups in total. The molecule has 0 radical (unpaired) electrons. The first-order valence-corrected chi connectivity index (χ1v) is 9.27.